The molecule has 2 heterocycles. The lowest BCUT2D eigenvalue weighted by molar-refractivity contribution is -0.0161. The zero-order valence-corrected chi connectivity index (χ0v) is 15.1. The molecule has 0 spiro atoms. The maximum absolute atomic E-state index is 5.72. The van der Waals surface area contributed by atoms with Crippen LogP contribution in [0.3, 0.4) is 0 Å². The number of aliphatic imine (C=N–C) groups is 1. The molecule has 1 aromatic rings. The molecule has 1 aromatic heterocycles. The van der Waals surface area contributed by atoms with Gasteiger partial charge in [0, 0.05) is 52.2 Å². The van der Waals surface area contributed by atoms with Crippen LogP contribution in [0, 0.1) is 0 Å². The van der Waals surface area contributed by atoms with Crippen LogP contribution >= 0.6 is 24.0 Å². The summed E-state index contributed by atoms with van der Waals surface area (Å²) in [6, 6.07) is 4.06. The Kier molecular flexibility index (Phi) is 8.70. The maximum Gasteiger partial charge on any atom is 0.191 e. The van der Waals surface area contributed by atoms with Crippen LogP contribution in [0.25, 0.3) is 0 Å². The molecule has 21 heavy (non-hydrogen) atoms. The van der Waals surface area contributed by atoms with E-state index in [9.17, 15) is 0 Å². The van der Waals surface area contributed by atoms with Gasteiger partial charge in [-0.25, -0.2) is 0 Å². The number of hydrogen-bond donors (Lipinski definition) is 2. The number of ether oxygens (including phenoxy) is 1. The van der Waals surface area contributed by atoms with Crippen LogP contribution in [-0.4, -0.2) is 68.4 Å². The van der Waals surface area contributed by atoms with Crippen molar-refractivity contribution in [1.82, 2.24) is 20.1 Å². The Morgan fingerprint density at radius 1 is 1.33 bits per heavy atom. The fourth-order valence-corrected chi connectivity index (χ4v) is 2.24. The minimum absolute atomic E-state index is 0. The summed E-state index contributed by atoms with van der Waals surface area (Å²) in [5.41, 5.74) is 0. The zero-order valence-electron chi connectivity index (χ0n) is 12.8. The van der Waals surface area contributed by atoms with E-state index in [1.54, 1.807) is 7.05 Å². The summed E-state index contributed by atoms with van der Waals surface area (Å²) < 4.78 is 7.85. The van der Waals surface area contributed by atoms with Crippen LogP contribution < -0.4 is 10.6 Å². The van der Waals surface area contributed by atoms with E-state index in [2.05, 4.69) is 44.5 Å². The van der Waals surface area contributed by atoms with E-state index in [0.29, 0.717) is 0 Å². The fourth-order valence-electron chi connectivity index (χ4n) is 2.24. The van der Waals surface area contributed by atoms with E-state index in [1.165, 1.54) is 0 Å². The SMILES string of the molecule is CN=C(NCCn1cccc1)NCC1CN(C)CCO1.I. The lowest BCUT2D eigenvalue weighted by Gasteiger charge is -2.30. The molecular formula is C14H26IN5O. The van der Waals surface area contributed by atoms with Gasteiger partial charge in [-0.1, -0.05) is 0 Å². The number of likely N-dealkylation sites (N-methyl/N-ethyl adjacent to an activating group) is 1. The average Bonchev–Trinajstić information content (AvgIpc) is 2.96. The van der Waals surface area contributed by atoms with E-state index >= 15 is 0 Å². The molecule has 0 bridgehead atoms. The minimum atomic E-state index is 0. The first-order chi connectivity index (χ1) is 9.78. The van der Waals surface area contributed by atoms with E-state index in [-0.39, 0.29) is 30.1 Å². The highest BCUT2D eigenvalue weighted by molar-refractivity contribution is 14.0. The van der Waals surface area contributed by atoms with Gasteiger partial charge in [0.25, 0.3) is 0 Å². The van der Waals surface area contributed by atoms with E-state index in [4.69, 9.17) is 4.74 Å². The fraction of sp³-hybridized carbons (Fsp3) is 0.643. The van der Waals surface area contributed by atoms with E-state index in [0.717, 1.165) is 45.3 Å². The lowest BCUT2D eigenvalue weighted by atomic mass is 10.3. The number of morpholine rings is 1. The number of nitrogens with zero attached hydrogens (tertiary/aromatic N) is 3. The number of nitrogens with one attached hydrogen (secondary N) is 2. The molecular weight excluding hydrogens is 381 g/mol. The predicted octanol–water partition coefficient (Wildman–Crippen LogP) is 0.602. The smallest absolute Gasteiger partial charge is 0.191 e. The number of halogens is 1. The van der Waals surface area contributed by atoms with E-state index < -0.39 is 0 Å². The number of aromatic nitrogens is 1. The second-order valence-electron chi connectivity index (χ2n) is 5.06. The third kappa shape index (κ3) is 6.66. The Balaban J connectivity index is 0.00000220. The summed E-state index contributed by atoms with van der Waals surface area (Å²) in [6.07, 6.45) is 4.35. The van der Waals surface area contributed by atoms with Crippen molar-refractivity contribution < 1.29 is 4.74 Å². The number of guanidine groups is 1. The summed E-state index contributed by atoms with van der Waals surface area (Å²) in [6.45, 7) is 5.35. The van der Waals surface area contributed by atoms with Gasteiger partial charge in [0.15, 0.2) is 5.96 Å². The van der Waals surface area contributed by atoms with Crippen LogP contribution in [0.1, 0.15) is 0 Å². The molecule has 1 saturated heterocycles. The molecule has 1 unspecified atom stereocenters. The quantitative estimate of drug-likeness (QED) is 0.427. The normalized spacial score (nSPS) is 19.9. The van der Waals surface area contributed by atoms with Gasteiger partial charge in [-0.05, 0) is 19.2 Å². The Labute approximate surface area is 144 Å². The molecule has 0 radical (unpaired) electrons. The van der Waals surface area contributed by atoms with Crippen molar-refractivity contribution in [2.45, 2.75) is 12.6 Å². The van der Waals surface area contributed by atoms with Crippen molar-refractivity contribution in [3.05, 3.63) is 24.5 Å². The largest absolute Gasteiger partial charge is 0.374 e. The highest BCUT2D eigenvalue weighted by atomic mass is 127. The first-order valence-corrected chi connectivity index (χ1v) is 7.13. The topological polar surface area (TPSA) is 53.8 Å². The minimum Gasteiger partial charge on any atom is -0.374 e. The molecule has 0 saturated carbocycles. The molecule has 7 heteroatoms. The summed E-state index contributed by atoms with van der Waals surface area (Å²) in [7, 11) is 3.92. The van der Waals surface area contributed by atoms with Gasteiger partial charge < -0.3 is 24.8 Å². The van der Waals surface area contributed by atoms with Gasteiger partial charge in [-0.15, -0.1) is 24.0 Å². The predicted molar refractivity (Wildman–Crippen MR) is 96.4 cm³/mol. The monoisotopic (exact) mass is 407 g/mol. The third-order valence-electron chi connectivity index (χ3n) is 3.39. The van der Waals surface area contributed by atoms with Crippen LogP contribution in [-0.2, 0) is 11.3 Å². The van der Waals surface area contributed by atoms with Gasteiger partial charge in [0.2, 0.25) is 0 Å². The van der Waals surface area contributed by atoms with Crippen LogP contribution in [0.15, 0.2) is 29.5 Å². The van der Waals surface area contributed by atoms with Crippen molar-refractivity contribution in [1.29, 1.82) is 0 Å². The maximum atomic E-state index is 5.72. The molecule has 1 aliphatic rings. The second-order valence-corrected chi connectivity index (χ2v) is 5.06. The van der Waals surface area contributed by atoms with Crippen LogP contribution in [0.4, 0.5) is 0 Å². The van der Waals surface area contributed by atoms with Gasteiger partial charge in [0.1, 0.15) is 0 Å². The van der Waals surface area contributed by atoms with Crippen molar-refractivity contribution in [2.24, 2.45) is 4.99 Å². The molecule has 1 aliphatic heterocycles. The van der Waals surface area contributed by atoms with Gasteiger partial charge in [-0.2, -0.15) is 0 Å². The summed E-state index contributed by atoms with van der Waals surface area (Å²) in [5.74, 6) is 0.828. The molecule has 120 valence electrons. The molecule has 2 N–H and O–H groups in total. The average molecular weight is 407 g/mol. The van der Waals surface area contributed by atoms with Crippen LogP contribution in [0.5, 0.6) is 0 Å². The van der Waals surface area contributed by atoms with Crippen LogP contribution in [0.2, 0.25) is 0 Å². The van der Waals surface area contributed by atoms with Gasteiger partial charge >= 0.3 is 0 Å². The van der Waals surface area contributed by atoms with Crippen molar-refractivity contribution >= 4 is 29.9 Å². The molecule has 6 nitrogen and oxygen atoms in total. The lowest BCUT2D eigenvalue weighted by Crippen LogP contribution is -2.48. The molecule has 0 aromatic carbocycles. The highest BCUT2D eigenvalue weighted by Gasteiger charge is 2.17. The Hall–Kier alpha value is -0.800. The van der Waals surface area contributed by atoms with Gasteiger partial charge in [-0.3, -0.25) is 4.99 Å². The molecule has 1 atom stereocenters. The first kappa shape index (κ1) is 18.2. The highest BCUT2D eigenvalue weighted by Crippen LogP contribution is 2.01. The first-order valence-electron chi connectivity index (χ1n) is 7.13. The Morgan fingerprint density at radius 3 is 2.76 bits per heavy atom. The van der Waals surface area contributed by atoms with Crippen molar-refractivity contribution in [3.63, 3.8) is 0 Å². The zero-order chi connectivity index (χ0) is 14.2. The van der Waals surface area contributed by atoms with Gasteiger partial charge in [0.05, 0.1) is 12.7 Å². The Bertz CT molecular complexity index is 410. The standard InChI is InChI=1S/C14H25N5O.HI/c1-15-14(16-5-8-19-6-3-4-7-19)17-11-13-12-18(2)9-10-20-13;/h3-4,6-7,13H,5,8-12H2,1-2H3,(H2,15,16,17);1H. The van der Waals surface area contributed by atoms with Crippen molar-refractivity contribution in [2.75, 3.05) is 46.9 Å². The Morgan fingerprint density at radius 2 is 2.10 bits per heavy atom. The molecule has 1 fully saturated rings. The molecule has 0 aliphatic carbocycles. The third-order valence-corrected chi connectivity index (χ3v) is 3.39. The molecule has 2 rings (SSSR count). The van der Waals surface area contributed by atoms with E-state index in [1.807, 2.05) is 12.1 Å². The number of rotatable bonds is 5. The molecule has 0 amide bonds. The van der Waals surface area contributed by atoms with Crippen molar-refractivity contribution in [3.8, 4) is 0 Å². The second kappa shape index (κ2) is 10.0. The summed E-state index contributed by atoms with van der Waals surface area (Å²) in [5, 5.41) is 6.63. The summed E-state index contributed by atoms with van der Waals surface area (Å²) in [4.78, 5) is 6.52. The number of hydrogen-bond acceptors (Lipinski definition) is 3. The summed E-state index contributed by atoms with van der Waals surface area (Å²) >= 11 is 0.